The molecule has 4 saturated heterocycles. The number of fused-ring (bicyclic) bond motifs is 6. The van der Waals surface area contributed by atoms with E-state index in [9.17, 15) is 14.7 Å². The third-order valence-electron chi connectivity index (χ3n) is 9.57. The number of nitrogens with one attached hydrogen (secondary N) is 4. The molecule has 2 bridgehead atoms. The van der Waals surface area contributed by atoms with Crippen LogP contribution in [0.1, 0.15) is 59.8 Å². The number of benzene rings is 1. The number of carbonyl (C=O) groups is 2. The van der Waals surface area contributed by atoms with Gasteiger partial charge in [-0.25, -0.2) is 4.79 Å². The first-order valence-electron chi connectivity index (χ1n) is 16.3. The lowest BCUT2D eigenvalue weighted by Crippen LogP contribution is -2.69. The van der Waals surface area contributed by atoms with E-state index in [0.29, 0.717) is 32.6 Å². The number of amides is 2. The smallest absolute Gasteiger partial charge is 0.410 e. The van der Waals surface area contributed by atoms with Gasteiger partial charge in [0, 0.05) is 50.1 Å². The molecule has 0 aliphatic carbocycles. The molecule has 5 aliphatic heterocycles. The van der Waals surface area contributed by atoms with Gasteiger partial charge in [0.1, 0.15) is 11.9 Å². The Morgan fingerprint density at radius 3 is 2.55 bits per heavy atom. The van der Waals surface area contributed by atoms with Crippen molar-refractivity contribution in [1.82, 2.24) is 30.9 Å². The average molecular weight is 611 g/mol. The predicted octanol–water partition coefficient (Wildman–Crippen LogP) is 2.20. The standard InChI is InChI=1S/C32H50N8O4/c1-31(2,3)44-30(42)38-19-17-37(18-20-38)23-13-11-22(12-14-23)34-29-33-21-24-27(36-29)40-26-10-8-9-25(35-26)32(4,43)15-6-5-7-16-39(40)28(24)41/h5,7,11-14,24-27,29,33-36,43H,6,8-10,15-21H2,1-4H3/b7-5-. The van der Waals surface area contributed by atoms with Gasteiger partial charge in [-0.15, -0.1) is 0 Å². The van der Waals surface area contributed by atoms with Crippen molar-refractivity contribution in [3.05, 3.63) is 36.4 Å². The third-order valence-corrected chi connectivity index (χ3v) is 9.57. The number of ether oxygens (including phenoxy) is 1. The van der Waals surface area contributed by atoms with E-state index in [1.807, 2.05) is 32.7 Å². The number of carbonyl (C=O) groups excluding carboxylic acids is 2. The van der Waals surface area contributed by atoms with Crippen molar-refractivity contribution in [2.45, 2.75) is 95.7 Å². The van der Waals surface area contributed by atoms with Crippen molar-refractivity contribution >= 4 is 23.4 Å². The summed E-state index contributed by atoms with van der Waals surface area (Å²) in [6, 6.07) is 8.35. The molecule has 6 unspecified atom stereocenters. The fourth-order valence-electron chi connectivity index (χ4n) is 7.14. The van der Waals surface area contributed by atoms with Crippen LogP contribution in [0.15, 0.2) is 36.4 Å². The van der Waals surface area contributed by atoms with Gasteiger partial charge < -0.3 is 25.0 Å². The normalized spacial score (nSPS) is 34.1. The molecule has 0 aromatic heterocycles. The summed E-state index contributed by atoms with van der Waals surface area (Å²) in [5.74, 6) is -0.0713. The van der Waals surface area contributed by atoms with Crippen LogP contribution in [-0.2, 0) is 9.53 Å². The van der Waals surface area contributed by atoms with Gasteiger partial charge in [-0.3, -0.25) is 25.8 Å². The average Bonchev–Trinajstić information content (AvgIpc) is 3.26. The van der Waals surface area contributed by atoms with E-state index in [-0.39, 0.29) is 42.6 Å². The summed E-state index contributed by atoms with van der Waals surface area (Å²) in [4.78, 5) is 30.1. The Hall–Kier alpha value is -2.90. The van der Waals surface area contributed by atoms with E-state index in [1.165, 1.54) is 0 Å². The number of hydrogen-bond donors (Lipinski definition) is 5. The number of anilines is 2. The van der Waals surface area contributed by atoms with Gasteiger partial charge in [0.15, 0.2) is 0 Å². The zero-order chi connectivity index (χ0) is 31.1. The van der Waals surface area contributed by atoms with Crippen molar-refractivity contribution in [3.63, 3.8) is 0 Å². The summed E-state index contributed by atoms with van der Waals surface area (Å²) < 4.78 is 5.53. The van der Waals surface area contributed by atoms with Gasteiger partial charge in [0.05, 0.1) is 30.4 Å². The molecule has 44 heavy (non-hydrogen) atoms. The summed E-state index contributed by atoms with van der Waals surface area (Å²) in [5, 5.41) is 29.8. The minimum atomic E-state index is -0.801. The van der Waals surface area contributed by atoms with Gasteiger partial charge >= 0.3 is 6.09 Å². The predicted molar refractivity (Wildman–Crippen MR) is 169 cm³/mol. The lowest BCUT2D eigenvalue weighted by atomic mass is 9.85. The molecule has 242 valence electrons. The molecule has 1 aromatic carbocycles. The monoisotopic (exact) mass is 610 g/mol. The van der Waals surface area contributed by atoms with Gasteiger partial charge in [-0.05, 0) is 84.1 Å². The summed E-state index contributed by atoms with van der Waals surface area (Å²) in [7, 11) is 0. The number of piperazine rings is 1. The lowest BCUT2D eigenvalue weighted by Gasteiger charge is -2.47. The Kier molecular flexibility index (Phi) is 8.82. The molecule has 0 spiro atoms. The maximum Gasteiger partial charge on any atom is 0.410 e. The Bertz CT molecular complexity index is 1210. The first-order valence-corrected chi connectivity index (χ1v) is 16.3. The van der Waals surface area contributed by atoms with Crippen molar-refractivity contribution in [2.24, 2.45) is 5.92 Å². The zero-order valence-corrected chi connectivity index (χ0v) is 26.6. The lowest BCUT2D eigenvalue weighted by molar-refractivity contribution is -0.146. The molecule has 12 nitrogen and oxygen atoms in total. The minimum absolute atomic E-state index is 0.0156. The highest BCUT2D eigenvalue weighted by Crippen LogP contribution is 2.34. The van der Waals surface area contributed by atoms with Gasteiger partial charge in [0.2, 0.25) is 5.91 Å². The molecule has 6 atom stereocenters. The Balaban J connectivity index is 1.09. The van der Waals surface area contributed by atoms with E-state index in [2.05, 4.69) is 67.6 Å². The Labute approximate surface area is 261 Å². The molecule has 4 fully saturated rings. The summed E-state index contributed by atoms with van der Waals surface area (Å²) in [5.41, 5.74) is 0.793. The van der Waals surface area contributed by atoms with Crippen LogP contribution >= 0.6 is 0 Å². The molecule has 12 heteroatoms. The number of rotatable bonds is 3. The molecule has 5 aliphatic rings. The fourth-order valence-corrected chi connectivity index (χ4v) is 7.14. The van der Waals surface area contributed by atoms with Crippen LogP contribution in [-0.4, -0.2) is 107 Å². The van der Waals surface area contributed by atoms with Gasteiger partial charge in [-0.1, -0.05) is 12.2 Å². The quantitative estimate of drug-likeness (QED) is 0.326. The van der Waals surface area contributed by atoms with E-state index >= 15 is 0 Å². The highest BCUT2D eigenvalue weighted by molar-refractivity contribution is 5.82. The minimum Gasteiger partial charge on any atom is -0.444 e. The second-order valence-corrected chi connectivity index (χ2v) is 14.0. The Morgan fingerprint density at radius 1 is 1.07 bits per heavy atom. The molecular formula is C32H50N8O4. The summed E-state index contributed by atoms with van der Waals surface area (Å²) in [6.07, 6.45) is 7.82. The largest absolute Gasteiger partial charge is 0.444 e. The molecular weight excluding hydrogens is 560 g/mol. The molecule has 1 aromatic rings. The van der Waals surface area contributed by atoms with E-state index in [0.717, 1.165) is 50.1 Å². The molecule has 5 heterocycles. The van der Waals surface area contributed by atoms with Crippen molar-refractivity contribution < 1.29 is 19.4 Å². The highest BCUT2D eigenvalue weighted by atomic mass is 16.6. The number of allylic oxidation sites excluding steroid dienone is 1. The van der Waals surface area contributed by atoms with Crippen molar-refractivity contribution in [1.29, 1.82) is 0 Å². The SMILES string of the molecule is CC(C)(C)OC(=O)N1CCN(c2ccc(NC3NCC4C(=O)N5C/C=C\CCC(C)(O)C6CCCC(N6)N5C4N3)cc2)CC1. The van der Waals surface area contributed by atoms with Crippen molar-refractivity contribution in [3.8, 4) is 0 Å². The van der Waals surface area contributed by atoms with E-state index < -0.39 is 11.2 Å². The van der Waals surface area contributed by atoms with E-state index in [1.54, 1.807) is 4.90 Å². The number of piperidine rings is 1. The first-order chi connectivity index (χ1) is 21.0. The van der Waals surface area contributed by atoms with E-state index in [4.69, 9.17) is 4.74 Å². The molecule has 5 N–H and O–H groups in total. The van der Waals surface area contributed by atoms with Crippen LogP contribution in [0, 0.1) is 5.92 Å². The first kappa shape index (κ1) is 31.1. The Morgan fingerprint density at radius 2 is 1.82 bits per heavy atom. The van der Waals surface area contributed by atoms with Gasteiger partial charge in [-0.2, -0.15) is 5.01 Å². The van der Waals surface area contributed by atoms with Crippen LogP contribution in [0.3, 0.4) is 0 Å². The zero-order valence-electron chi connectivity index (χ0n) is 26.6. The van der Waals surface area contributed by atoms with Crippen molar-refractivity contribution in [2.75, 3.05) is 49.5 Å². The van der Waals surface area contributed by atoms with Crippen LogP contribution in [0.4, 0.5) is 16.2 Å². The van der Waals surface area contributed by atoms with Gasteiger partial charge in [0.25, 0.3) is 0 Å². The molecule has 6 rings (SSSR count). The van der Waals surface area contributed by atoms with Crippen LogP contribution in [0.5, 0.6) is 0 Å². The molecule has 2 amide bonds. The summed E-state index contributed by atoms with van der Waals surface area (Å²) >= 11 is 0. The second kappa shape index (κ2) is 12.5. The van der Waals surface area contributed by atoms with Crippen LogP contribution in [0.2, 0.25) is 0 Å². The summed E-state index contributed by atoms with van der Waals surface area (Å²) in [6.45, 7) is 11.5. The number of aliphatic hydroxyl groups is 1. The third kappa shape index (κ3) is 6.69. The number of hydrogen-bond acceptors (Lipinski definition) is 10. The maximum atomic E-state index is 13.6. The molecule has 0 saturated carbocycles. The topological polar surface area (TPSA) is 125 Å². The molecule has 0 radical (unpaired) electrons. The highest BCUT2D eigenvalue weighted by Gasteiger charge is 2.52. The fraction of sp³-hybridized carbons (Fsp3) is 0.688. The number of nitrogens with zero attached hydrogens (tertiary/aromatic N) is 4. The van der Waals surface area contributed by atoms with Crippen LogP contribution in [0.25, 0.3) is 0 Å². The number of hydrazine groups is 1. The maximum absolute atomic E-state index is 13.6. The van der Waals surface area contributed by atoms with Crippen LogP contribution < -0.4 is 26.2 Å². The second-order valence-electron chi connectivity index (χ2n) is 14.0.